The minimum Gasteiger partial charge on any atom is -0.398 e. The molecule has 1 aliphatic heterocycles. The molecule has 142 valence electrons. The fourth-order valence-corrected chi connectivity index (χ4v) is 4.68. The Morgan fingerprint density at radius 2 is 1.89 bits per heavy atom. The largest absolute Gasteiger partial charge is 0.398 e. The molecule has 0 saturated carbocycles. The fourth-order valence-electron chi connectivity index (χ4n) is 4.26. The van der Waals surface area contributed by atoms with Crippen LogP contribution in [-0.2, 0) is 0 Å². The van der Waals surface area contributed by atoms with Gasteiger partial charge in [-0.1, -0.05) is 41.4 Å². The molecule has 1 heterocycles. The van der Waals surface area contributed by atoms with Gasteiger partial charge in [0.25, 0.3) is 0 Å². The highest BCUT2D eigenvalue weighted by atomic mass is 35.5. The van der Waals surface area contributed by atoms with Gasteiger partial charge in [0.15, 0.2) is 5.41 Å². The van der Waals surface area contributed by atoms with Crippen molar-refractivity contribution in [3.63, 3.8) is 0 Å². The molecule has 3 rings (SSSR count). The highest BCUT2D eigenvalue weighted by Crippen LogP contribution is 2.56. The molecule has 0 amide bonds. The SMILES string of the molecule is CC(C)N1CC=C2C(N)=C(C#N)C(C#N)(C#N)[C@@H](c3cccc(Cl)c3Cl)C2C1. The number of halogens is 2. The summed E-state index contributed by atoms with van der Waals surface area (Å²) < 4.78 is 0. The number of hydrogen-bond acceptors (Lipinski definition) is 5. The van der Waals surface area contributed by atoms with E-state index >= 15 is 0 Å². The van der Waals surface area contributed by atoms with Gasteiger partial charge in [0.05, 0.1) is 39.5 Å². The summed E-state index contributed by atoms with van der Waals surface area (Å²) in [4.78, 5) is 2.24. The van der Waals surface area contributed by atoms with Crippen molar-refractivity contribution in [2.75, 3.05) is 13.1 Å². The molecule has 0 bridgehead atoms. The van der Waals surface area contributed by atoms with Crippen molar-refractivity contribution in [1.29, 1.82) is 15.8 Å². The minimum atomic E-state index is -1.74. The first-order valence-electron chi connectivity index (χ1n) is 8.93. The van der Waals surface area contributed by atoms with Gasteiger partial charge >= 0.3 is 0 Å². The Hall–Kier alpha value is -2.49. The molecule has 28 heavy (non-hydrogen) atoms. The molecule has 5 nitrogen and oxygen atoms in total. The molecule has 1 aromatic rings. The van der Waals surface area contributed by atoms with Gasteiger partial charge in [0.2, 0.25) is 0 Å². The zero-order chi connectivity index (χ0) is 20.6. The smallest absolute Gasteiger partial charge is 0.187 e. The molecule has 0 saturated heterocycles. The summed E-state index contributed by atoms with van der Waals surface area (Å²) in [6.07, 6.45) is 1.99. The number of nitriles is 3. The van der Waals surface area contributed by atoms with Crippen LogP contribution in [-0.4, -0.2) is 24.0 Å². The van der Waals surface area contributed by atoms with Crippen LogP contribution in [0.1, 0.15) is 25.3 Å². The molecule has 1 aliphatic carbocycles. The van der Waals surface area contributed by atoms with Crippen molar-refractivity contribution in [3.8, 4) is 18.2 Å². The molecule has 7 heteroatoms. The van der Waals surface area contributed by atoms with E-state index in [4.69, 9.17) is 28.9 Å². The number of fused-ring (bicyclic) bond motifs is 1. The summed E-state index contributed by atoms with van der Waals surface area (Å²) in [5, 5.41) is 30.6. The van der Waals surface area contributed by atoms with Crippen LogP contribution in [0.2, 0.25) is 10.0 Å². The predicted octanol–water partition coefficient (Wildman–Crippen LogP) is 4.13. The van der Waals surface area contributed by atoms with E-state index in [0.29, 0.717) is 28.7 Å². The highest BCUT2D eigenvalue weighted by molar-refractivity contribution is 6.42. The van der Waals surface area contributed by atoms with E-state index in [2.05, 4.69) is 30.9 Å². The Bertz CT molecular complexity index is 989. The summed E-state index contributed by atoms with van der Waals surface area (Å²) in [7, 11) is 0. The second-order valence-electron chi connectivity index (χ2n) is 7.37. The standard InChI is InChI=1S/C21H19Cl2N5/c1-12(2)28-7-6-13-15(9-28)18(14-4-3-5-17(22)19(14)23)21(10-25,11-26)16(8-24)20(13)27/h3-6,12,15,18H,7,9,27H2,1-2H3/t15?,18-/m0/s1. The number of benzene rings is 1. The van der Waals surface area contributed by atoms with Crippen LogP contribution in [0.15, 0.2) is 41.1 Å². The molecule has 2 N–H and O–H groups in total. The second kappa shape index (κ2) is 7.50. The van der Waals surface area contributed by atoms with Crippen LogP contribution in [0.4, 0.5) is 0 Å². The van der Waals surface area contributed by atoms with Crippen molar-refractivity contribution >= 4 is 23.2 Å². The molecule has 2 aliphatic rings. The minimum absolute atomic E-state index is 0.0148. The van der Waals surface area contributed by atoms with Crippen LogP contribution in [0.25, 0.3) is 0 Å². The van der Waals surface area contributed by atoms with Gasteiger partial charge < -0.3 is 5.73 Å². The van der Waals surface area contributed by atoms with E-state index in [-0.39, 0.29) is 23.2 Å². The van der Waals surface area contributed by atoms with Crippen LogP contribution in [0, 0.1) is 45.3 Å². The quantitative estimate of drug-likeness (QED) is 0.787. The zero-order valence-corrected chi connectivity index (χ0v) is 17.1. The lowest BCUT2D eigenvalue weighted by atomic mass is 9.57. The zero-order valence-electron chi connectivity index (χ0n) is 15.6. The summed E-state index contributed by atoms with van der Waals surface area (Å²) in [6, 6.07) is 11.7. The molecular weight excluding hydrogens is 393 g/mol. The summed E-state index contributed by atoms with van der Waals surface area (Å²) >= 11 is 12.8. The molecular formula is C21H19Cl2N5. The van der Waals surface area contributed by atoms with Crippen LogP contribution < -0.4 is 5.73 Å². The van der Waals surface area contributed by atoms with Crippen LogP contribution >= 0.6 is 23.2 Å². The summed E-state index contributed by atoms with van der Waals surface area (Å²) in [6.45, 7) is 5.46. The first-order chi connectivity index (χ1) is 13.3. The molecule has 2 atom stereocenters. The third kappa shape index (κ3) is 2.86. The molecule has 1 aromatic carbocycles. The molecule has 0 spiro atoms. The van der Waals surface area contributed by atoms with Crippen molar-refractivity contribution < 1.29 is 0 Å². The maximum atomic E-state index is 10.1. The third-order valence-electron chi connectivity index (χ3n) is 5.73. The topological polar surface area (TPSA) is 101 Å². The number of nitrogens with two attached hydrogens (primary N) is 1. The molecule has 0 fully saturated rings. The maximum Gasteiger partial charge on any atom is 0.187 e. The average Bonchev–Trinajstić information content (AvgIpc) is 2.69. The Morgan fingerprint density at radius 1 is 1.21 bits per heavy atom. The lowest BCUT2D eigenvalue weighted by Crippen LogP contribution is -2.49. The predicted molar refractivity (Wildman–Crippen MR) is 108 cm³/mol. The first kappa shape index (κ1) is 20.2. The number of nitrogens with zero attached hydrogens (tertiary/aromatic N) is 4. The lowest BCUT2D eigenvalue weighted by molar-refractivity contribution is 0.174. The Morgan fingerprint density at radius 3 is 2.46 bits per heavy atom. The van der Waals surface area contributed by atoms with Crippen LogP contribution in [0.3, 0.4) is 0 Å². The summed E-state index contributed by atoms with van der Waals surface area (Å²) in [5.74, 6) is -0.924. The van der Waals surface area contributed by atoms with Gasteiger partial charge in [-0.15, -0.1) is 0 Å². The Balaban J connectivity index is 2.36. The molecule has 0 aromatic heterocycles. The van der Waals surface area contributed by atoms with Crippen molar-refractivity contribution in [3.05, 3.63) is 56.7 Å². The lowest BCUT2D eigenvalue weighted by Gasteiger charge is -2.46. The second-order valence-corrected chi connectivity index (χ2v) is 8.15. The van der Waals surface area contributed by atoms with Gasteiger partial charge in [-0.2, -0.15) is 15.8 Å². The average molecular weight is 412 g/mol. The normalized spacial score (nSPS) is 24.0. The van der Waals surface area contributed by atoms with Crippen molar-refractivity contribution in [1.82, 2.24) is 4.90 Å². The highest BCUT2D eigenvalue weighted by Gasteiger charge is 2.55. The number of hydrogen-bond donors (Lipinski definition) is 1. The van der Waals surface area contributed by atoms with Gasteiger partial charge in [0, 0.05) is 31.0 Å². The molecule has 0 radical (unpaired) electrons. The van der Waals surface area contributed by atoms with E-state index in [1.54, 1.807) is 18.2 Å². The maximum absolute atomic E-state index is 10.1. The Kier molecular flexibility index (Phi) is 5.42. The van der Waals surface area contributed by atoms with E-state index < -0.39 is 11.3 Å². The van der Waals surface area contributed by atoms with E-state index in [9.17, 15) is 15.8 Å². The Labute approximate surface area is 174 Å². The van der Waals surface area contributed by atoms with Crippen molar-refractivity contribution in [2.45, 2.75) is 25.8 Å². The van der Waals surface area contributed by atoms with E-state index in [1.807, 2.05) is 12.1 Å². The van der Waals surface area contributed by atoms with E-state index in [1.165, 1.54) is 0 Å². The van der Waals surface area contributed by atoms with Crippen LogP contribution in [0.5, 0.6) is 0 Å². The van der Waals surface area contributed by atoms with Gasteiger partial charge in [0.1, 0.15) is 0 Å². The van der Waals surface area contributed by atoms with Gasteiger partial charge in [-0.3, -0.25) is 4.90 Å². The number of allylic oxidation sites excluding steroid dienone is 2. The first-order valence-corrected chi connectivity index (χ1v) is 9.69. The van der Waals surface area contributed by atoms with E-state index in [0.717, 1.165) is 5.57 Å². The number of rotatable bonds is 2. The van der Waals surface area contributed by atoms with Gasteiger partial charge in [-0.05, 0) is 31.1 Å². The monoisotopic (exact) mass is 411 g/mol. The molecule has 1 unspecified atom stereocenters. The summed E-state index contributed by atoms with van der Waals surface area (Å²) in [5.41, 5.74) is 6.17. The third-order valence-corrected chi connectivity index (χ3v) is 6.56. The van der Waals surface area contributed by atoms with Crippen molar-refractivity contribution in [2.24, 2.45) is 17.1 Å². The van der Waals surface area contributed by atoms with Gasteiger partial charge in [-0.25, -0.2) is 0 Å². The fraction of sp³-hybridized carbons (Fsp3) is 0.381.